The van der Waals surface area contributed by atoms with Crippen molar-refractivity contribution in [3.8, 4) is 11.4 Å². The first-order valence-corrected chi connectivity index (χ1v) is 7.24. The predicted octanol–water partition coefficient (Wildman–Crippen LogP) is 2.92. The fourth-order valence-corrected chi connectivity index (χ4v) is 2.72. The van der Waals surface area contributed by atoms with Gasteiger partial charge in [-0.2, -0.15) is 0 Å². The van der Waals surface area contributed by atoms with Crippen molar-refractivity contribution >= 4 is 33.4 Å². The molecule has 0 unspecified atom stereocenters. The van der Waals surface area contributed by atoms with Crippen LogP contribution in [0.3, 0.4) is 0 Å². The van der Waals surface area contributed by atoms with Crippen molar-refractivity contribution in [3.05, 3.63) is 58.2 Å². The van der Waals surface area contributed by atoms with Crippen molar-refractivity contribution in [2.24, 2.45) is 0 Å². The number of methoxy groups -OCH3 is 1. The van der Waals surface area contributed by atoms with E-state index >= 15 is 0 Å². The number of pyridine rings is 2. The van der Waals surface area contributed by atoms with Crippen LogP contribution < -0.4 is 10.3 Å². The molecule has 0 saturated carbocycles. The van der Waals surface area contributed by atoms with Crippen LogP contribution in [0.25, 0.3) is 27.5 Å². The summed E-state index contributed by atoms with van der Waals surface area (Å²) in [6, 6.07) is 8.94. The molecule has 1 aromatic carbocycles. The molecule has 0 aliphatic heterocycles. The van der Waals surface area contributed by atoms with Crippen molar-refractivity contribution < 1.29 is 4.74 Å². The lowest BCUT2D eigenvalue weighted by Crippen LogP contribution is -2.14. The van der Waals surface area contributed by atoms with Crippen molar-refractivity contribution in [2.45, 2.75) is 0 Å². The molecular formula is C16H11ClN4O2. The van der Waals surface area contributed by atoms with Crippen LogP contribution in [0.5, 0.6) is 5.75 Å². The molecule has 114 valence electrons. The quantitative estimate of drug-likeness (QED) is 0.575. The van der Waals surface area contributed by atoms with Crippen molar-refractivity contribution in [3.63, 3.8) is 0 Å². The third-order valence-electron chi connectivity index (χ3n) is 3.69. The van der Waals surface area contributed by atoms with Crippen LogP contribution in [0.15, 0.2) is 47.5 Å². The van der Waals surface area contributed by atoms with Gasteiger partial charge in [0.05, 0.1) is 35.4 Å². The molecular weight excluding hydrogens is 316 g/mol. The van der Waals surface area contributed by atoms with Crippen LogP contribution in [0.4, 0.5) is 0 Å². The average Bonchev–Trinajstić information content (AvgIpc) is 2.92. The normalized spacial score (nSPS) is 11.2. The maximum Gasteiger partial charge on any atom is 0.280 e. The molecule has 0 atom stereocenters. The van der Waals surface area contributed by atoms with Gasteiger partial charge in [-0.05, 0) is 18.2 Å². The Balaban J connectivity index is 2.05. The van der Waals surface area contributed by atoms with Gasteiger partial charge in [0.25, 0.3) is 5.56 Å². The molecule has 1 N–H and O–H groups in total. The van der Waals surface area contributed by atoms with Gasteiger partial charge in [0, 0.05) is 17.6 Å². The van der Waals surface area contributed by atoms with E-state index in [1.54, 1.807) is 31.6 Å². The minimum absolute atomic E-state index is 0.185. The molecule has 6 nitrogen and oxygen atoms in total. The first-order valence-electron chi connectivity index (χ1n) is 6.87. The number of nitrogens with one attached hydrogen (secondary N) is 1. The van der Waals surface area contributed by atoms with Gasteiger partial charge in [0.2, 0.25) is 0 Å². The van der Waals surface area contributed by atoms with Crippen molar-refractivity contribution in [2.75, 3.05) is 7.11 Å². The summed E-state index contributed by atoms with van der Waals surface area (Å²) in [5, 5.41) is 4.71. The summed E-state index contributed by atoms with van der Waals surface area (Å²) in [6.07, 6.45) is 3.13. The highest BCUT2D eigenvalue weighted by Crippen LogP contribution is 2.23. The Morgan fingerprint density at radius 3 is 2.87 bits per heavy atom. The molecule has 3 aromatic heterocycles. The van der Waals surface area contributed by atoms with Crippen LogP contribution in [0.2, 0.25) is 5.15 Å². The highest BCUT2D eigenvalue weighted by molar-refractivity contribution is 6.30. The van der Waals surface area contributed by atoms with Crippen LogP contribution in [0, 0.1) is 0 Å². The number of hydrogen-bond acceptors (Lipinski definition) is 4. The zero-order valence-electron chi connectivity index (χ0n) is 12.1. The third-order valence-corrected chi connectivity index (χ3v) is 3.90. The van der Waals surface area contributed by atoms with Gasteiger partial charge in [-0.3, -0.25) is 14.9 Å². The Morgan fingerprint density at radius 1 is 1.17 bits per heavy atom. The second kappa shape index (κ2) is 5.10. The molecule has 0 saturated heterocycles. The van der Waals surface area contributed by atoms with E-state index < -0.39 is 0 Å². The zero-order valence-corrected chi connectivity index (χ0v) is 12.8. The summed E-state index contributed by atoms with van der Waals surface area (Å²) in [5.41, 5.74) is 1.84. The SMILES string of the molecule is COc1cccc(-n2[nH]c3c(cnc4cnc(Cl)cc43)c2=O)c1. The summed E-state index contributed by atoms with van der Waals surface area (Å²) in [4.78, 5) is 20.9. The number of H-pyrrole nitrogens is 1. The molecule has 0 amide bonds. The molecule has 0 aliphatic rings. The minimum Gasteiger partial charge on any atom is -0.497 e. The van der Waals surface area contributed by atoms with Crippen LogP contribution in [0.1, 0.15) is 0 Å². The van der Waals surface area contributed by atoms with Gasteiger partial charge in [-0.25, -0.2) is 9.67 Å². The first kappa shape index (κ1) is 13.8. The molecule has 0 fully saturated rings. The Hall–Kier alpha value is -2.86. The number of nitrogens with zero attached hydrogens (tertiary/aromatic N) is 3. The fraction of sp³-hybridized carbons (Fsp3) is 0.0625. The maximum absolute atomic E-state index is 12.7. The Morgan fingerprint density at radius 2 is 2.04 bits per heavy atom. The lowest BCUT2D eigenvalue weighted by atomic mass is 10.2. The standard InChI is InChI=1S/C16H11ClN4O2/c1-23-10-4-2-3-9(5-10)21-16(22)12-7-18-13-8-19-14(17)6-11(13)15(12)20-21/h2-8,20H,1H3. The van der Waals surface area contributed by atoms with Crippen molar-refractivity contribution in [1.82, 2.24) is 19.7 Å². The second-order valence-electron chi connectivity index (χ2n) is 5.02. The van der Waals surface area contributed by atoms with E-state index in [1.165, 1.54) is 4.68 Å². The lowest BCUT2D eigenvalue weighted by molar-refractivity contribution is 0.414. The van der Waals surface area contributed by atoms with Gasteiger partial charge < -0.3 is 4.74 Å². The number of aromatic amines is 1. The van der Waals surface area contributed by atoms with E-state index in [0.29, 0.717) is 33.0 Å². The molecule has 0 aliphatic carbocycles. The van der Waals surface area contributed by atoms with Gasteiger partial charge in [-0.1, -0.05) is 17.7 Å². The smallest absolute Gasteiger partial charge is 0.280 e. The lowest BCUT2D eigenvalue weighted by Gasteiger charge is -2.04. The monoisotopic (exact) mass is 326 g/mol. The Labute approximate surface area is 135 Å². The molecule has 23 heavy (non-hydrogen) atoms. The number of benzene rings is 1. The fourth-order valence-electron chi connectivity index (χ4n) is 2.57. The van der Waals surface area contributed by atoms with E-state index in [9.17, 15) is 4.79 Å². The van der Waals surface area contributed by atoms with Crippen LogP contribution in [-0.2, 0) is 0 Å². The number of fused-ring (bicyclic) bond motifs is 3. The summed E-state index contributed by atoms with van der Waals surface area (Å²) in [7, 11) is 1.58. The van der Waals surface area contributed by atoms with E-state index in [-0.39, 0.29) is 5.56 Å². The molecule has 0 radical (unpaired) electrons. The summed E-state index contributed by atoms with van der Waals surface area (Å²) < 4.78 is 6.67. The van der Waals surface area contributed by atoms with Crippen LogP contribution >= 0.6 is 11.6 Å². The number of aromatic nitrogens is 4. The summed E-state index contributed by atoms with van der Waals surface area (Å²) >= 11 is 5.97. The third kappa shape index (κ3) is 2.15. The van der Waals surface area contributed by atoms with Crippen molar-refractivity contribution in [1.29, 1.82) is 0 Å². The average molecular weight is 327 g/mol. The topological polar surface area (TPSA) is 72.8 Å². The van der Waals surface area contributed by atoms with Gasteiger partial charge in [0.15, 0.2) is 0 Å². The number of ether oxygens (including phenoxy) is 1. The molecule has 7 heteroatoms. The Kier molecular flexibility index (Phi) is 3.06. The molecule has 3 heterocycles. The highest BCUT2D eigenvalue weighted by Gasteiger charge is 2.13. The zero-order chi connectivity index (χ0) is 16.0. The summed E-state index contributed by atoms with van der Waals surface area (Å²) in [6.45, 7) is 0. The Bertz CT molecular complexity index is 1100. The molecule has 0 spiro atoms. The number of hydrogen-bond donors (Lipinski definition) is 1. The van der Waals surface area contributed by atoms with E-state index in [0.717, 1.165) is 5.39 Å². The summed E-state index contributed by atoms with van der Waals surface area (Å²) in [5.74, 6) is 0.670. The number of halogens is 1. The maximum atomic E-state index is 12.7. The largest absolute Gasteiger partial charge is 0.497 e. The van der Waals surface area contributed by atoms with E-state index in [4.69, 9.17) is 16.3 Å². The molecule has 0 bridgehead atoms. The minimum atomic E-state index is -0.185. The predicted molar refractivity (Wildman–Crippen MR) is 88.6 cm³/mol. The van der Waals surface area contributed by atoms with E-state index in [1.807, 2.05) is 18.2 Å². The molecule has 4 rings (SSSR count). The highest BCUT2D eigenvalue weighted by atomic mass is 35.5. The number of rotatable bonds is 2. The van der Waals surface area contributed by atoms with Gasteiger partial charge >= 0.3 is 0 Å². The van der Waals surface area contributed by atoms with E-state index in [2.05, 4.69) is 15.1 Å². The molecule has 4 aromatic rings. The van der Waals surface area contributed by atoms with Gasteiger partial charge in [0.1, 0.15) is 10.9 Å². The second-order valence-corrected chi connectivity index (χ2v) is 5.41. The first-order chi connectivity index (χ1) is 11.2. The van der Waals surface area contributed by atoms with Crippen LogP contribution in [-0.4, -0.2) is 26.9 Å². The van der Waals surface area contributed by atoms with Gasteiger partial charge in [-0.15, -0.1) is 0 Å².